The molecule has 9 nitrogen and oxygen atoms in total. The van der Waals surface area contributed by atoms with Crippen molar-refractivity contribution in [3.05, 3.63) is 28.7 Å². The molecule has 0 saturated carbocycles. The number of piperidine rings is 1. The molecule has 0 bridgehead atoms. The number of likely N-dealkylation sites (tertiary alicyclic amines) is 1. The topological polar surface area (TPSA) is 89.5 Å². The zero-order valence-electron chi connectivity index (χ0n) is 17.6. The highest BCUT2D eigenvalue weighted by molar-refractivity contribution is 5.78. The van der Waals surface area contributed by atoms with Gasteiger partial charge in [-0.15, -0.1) is 10.2 Å². The molecule has 0 N–H and O–H groups in total. The maximum absolute atomic E-state index is 12.6. The molecule has 1 amide bonds. The number of aryl methyl sites for hydroxylation is 2. The van der Waals surface area contributed by atoms with Crippen LogP contribution in [-0.2, 0) is 29.0 Å². The average Bonchev–Trinajstić information content (AvgIpc) is 3.20. The smallest absolute Gasteiger partial charge is 0.249 e. The van der Waals surface area contributed by atoms with Gasteiger partial charge in [-0.25, -0.2) is 0 Å². The summed E-state index contributed by atoms with van der Waals surface area (Å²) < 4.78 is 12.6. The van der Waals surface area contributed by atoms with Gasteiger partial charge in [0.2, 0.25) is 5.91 Å². The second kappa shape index (κ2) is 8.62. The molecular weight excluding hydrogens is 372 g/mol. The van der Waals surface area contributed by atoms with Gasteiger partial charge in [0.15, 0.2) is 5.82 Å². The molecule has 2 aliphatic heterocycles. The van der Waals surface area contributed by atoms with Crippen molar-refractivity contribution in [3.63, 3.8) is 0 Å². The maximum Gasteiger partial charge on any atom is 0.249 e. The molecule has 158 valence electrons. The number of methoxy groups -OCH3 is 1. The predicted molar refractivity (Wildman–Crippen MR) is 105 cm³/mol. The summed E-state index contributed by atoms with van der Waals surface area (Å²) in [6.45, 7) is 8.30. The van der Waals surface area contributed by atoms with Crippen molar-refractivity contribution in [2.75, 3.05) is 33.4 Å². The standard InChI is InChI=1S/C20H30N6O3/c1-14-16(15(2)29-23-14)12-24-9-7-18-21-22-20(26(18)11-10-24)17-6-4-5-8-25(17)19(27)13-28-3/h17H,4-13H2,1-3H3. The highest BCUT2D eigenvalue weighted by Crippen LogP contribution is 2.31. The zero-order chi connectivity index (χ0) is 20.4. The molecule has 4 heterocycles. The van der Waals surface area contributed by atoms with E-state index in [-0.39, 0.29) is 18.6 Å². The summed E-state index contributed by atoms with van der Waals surface area (Å²) in [6.07, 6.45) is 3.89. The fourth-order valence-electron chi connectivity index (χ4n) is 4.45. The van der Waals surface area contributed by atoms with Gasteiger partial charge in [0, 0.05) is 51.8 Å². The van der Waals surface area contributed by atoms with Crippen LogP contribution in [0.3, 0.4) is 0 Å². The van der Waals surface area contributed by atoms with E-state index >= 15 is 0 Å². The van der Waals surface area contributed by atoms with Crippen LogP contribution in [0.2, 0.25) is 0 Å². The number of hydrogen-bond donors (Lipinski definition) is 0. The summed E-state index contributed by atoms with van der Waals surface area (Å²) in [5.74, 6) is 2.85. The molecule has 9 heteroatoms. The van der Waals surface area contributed by atoms with E-state index in [0.29, 0.717) is 0 Å². The summed E-state index contributed by atoms with van der Waals surface area (Å²) in [7, 11) is 1.56. The molecule has 0 aliphatic carbocycles. The van der Waals surface area contributed by atoms with Crippen LogP contribution in [0, 0.1) is 13.8 Å². The van der Waals surface area contributed by atoms with E-state index in [0.717, 1.165) is 81.5 Å². The molecule has 1 unspecified atom stereocenters. The van der Waals surface area contributed by atoms with Crippen LogP contribution in [0.5, 0.6) is 0 Å². The highest BCUT2D eigenvalue weighted by atomic mass is 16.5. The van der Waals surface area contributed by atoms with Crippen molar-refractivity contribution in [2.45, 2.75) is 58.7 Å². The van der Waals surface area contributed by atoms with Gasteiger partial charge in [-0.05, 0) is 33.1 Å². The molecule has 2 aromatic rings. The third-order valence-electron chi connectivity index (χ3n) is 6.10. The SMILES string of the molecule is COCC(=O)N1CCCCC1c1nnc2n1CCN(Cc1c(C)noc1C)CC2. The fraction of sp³-hybridized carbons (Fsp3) is 0.700. The Hall–Kier alpha value is -2.26. The number of ether oxygens (including phenoxy) is 1. The van der Waals surface area contributed by atoms with Gasteiger partial charge < -0.3 is 18.7 Å². The molecule has 1 saturated heterocycles. The van der Waals surface area contributed by atoms with Gasteiger partial charge in [-0.2, -0.15) is 0 Å². The van der Waals surface area contributed by atoms with E-state index < -0.39 is 0 Å². The Morgan fingerprint density at radius 2 is 2.03 bits per heavy atom. The van der Waals surface area contributed by atoms with Gasteiger partial charge >= 0.3 is 0 Å². The normalized spacial score (nSPS) is 20.5. The molecule has 1 atom stereocenters. The van der Waals surface area contributed by atoms with Crippen LogP contribution < -0.4 is 0 Å². The summed E-state index contributed by atoms with van der Waals surface area (Å²) >= 11 is 0. The van der Waals surface area contributed by atoms with Crippen molar-refractivity contribution in [1.82, 2.24) is 29.7 Å². The van der Waals surface area contributed by atoms with Gasteiger partial charge in [-0.1, -0.05) is 5.16 Å². The largest absolute Gasteiger partial charge is 0.375 e. The van der Waals surface area contributed by atoms with E-state index in [1.807, 2.05) is 18.7 Å². The number of hydrogen-bond acceptors (Lipinski definition) is 7. The molecule has 4 rings (SSSR count). The first-order chi connectivity index (χ1) is 14.1. The second-order valence-electron chi connectivity index (χ2n) is 7.99. The molecule has 29 heavy (non-hydrogen) atoms. The summed E-state index contributed by atoms with van der Waals surface area (Å²) in [5, 5.41) is 13.1. The Balaban J connectivity index is 1.50. The van der Waals surface area contributed by atoms with Gasteiger partial charge in [0.05, 0.1) is 11.7 Å². The van der Waals surface area contributed by atoms with E-state index in [2.05, 4.69) is 24.8 Å². The number of rotatable bonds is 5. The molecular formula is C20H30N6O3. The van der Waals surface area contributed by atoms with Gasteiger partial charge in [0.25, 0.3) is 0 Å². The average molecular weight is 402 g/mol. The van der Waals surface area contributed by atoms with Crippen molar-refractivity contribution in [2.24, 2.45) is 0 Å². The first-order valence-electron chi connectivity index (χ1n) is 10.4. The number of amides is 1. The first kappa shape index (κ1) is 20.0. The Morgan fingerprint density at radius 1 is 1.17 bits per heavy atom. The highest BCUT2D eigenvalue weighted by Gasteiger charge is 2.33. The van der Waals surface area contributed by atoms with Crippen molar-refractivity contribution in [1.29, 1.82) is 0 Å². The number of nitrogens with zero attached hydrogens (tertiary/aromatic N) is 6. The van der Waals surface area contributed by atoms with Crippen LogP contribution >= 0.6 is 0 Å². The monoisotopic (exact) mass is 402 g/mol. The Morgan fingerprint density at radius 3 is 2.79 bits per heavy atom. The lowest BCUT2D eigenvalue weighted by molar-refractivity contribution is -0.139. The first-order valence-corrected chi connectivity index (χ1v) is 10.4. The van der Waals surface area contributed by atoms with Crippen LogP contribution in [0.4, 0.5) is 0 Å². The molecule has 0 radical (unpaired) electrons. The van der Waals surface area contributed by atoms with Crippen molar-refractivity contribution >= 4 is 5.91 Å². The van der Waals surface area contributed by atoms with E-state index in [1.54, 1.807) is 7.11 Å². The van der Waals surface area contributed by atoms with Crippen LogP contribution in [0.1, 0.15) is 54.0 Å². The van der Waals surface area contributed by atoms with Gasteiger partial charge in [0.1, 0.15) is 18.2 Å². The molecule has 2 aliphatic rings. The molecule has 0 aromatic carbocycles. The minimum absolute atomic E-state index is 0.0123. The van der Waals surface area contributed by atoms with E-state index in [4.69, 9.17) is 9.26 Å². The van der Waals surface area contributed by atoms with Crippen LogP contribution in [0.15, 0.2) is 4.52 Å². The van der Waals surface area contributed by atoms with Crippen LogP contribution in [-0.4, -0.2) is 69.0 Å². The predicted octanol–water partition coefficient (Wildman–Crippen LogP) is 1.64. The maximum atomic E-state index is 12.6. The number of fused-ring (bicyclic) bond motifs is 1. The van der Waals surface area contributed by atoms with Crippen molar-refractivity contribution in [3.8, 4) is 0 Å². The lowest BCUT2D eigenvalue weighted by Crippen LogP contribution is -2.41. The molecule has 0 spiro atoms. The second-order valence-corrected chi connectivity index (χ2v) is 7.99. The Bertz CT molecular complexity index is 841. The number of aromatic nitrogens is 4. The number of carbonyl (C=O) groups is 1. The van der Waals surface area contributed by atoms with Crippen LogP contribution in [0.25, 0.3) is 0 Å². The summed E-state index contributed by atoms with van der Waals surface area (Å²) in [6, 6.07) is -0.0123. The van der Waals surface area contributed by atoms with E-state index in [1.165, 1.54) is 5.56 Å². The summed E-state index contributed by atoms with van der Waals surface area (Å²) in [4.78, 5) is 16.9. The summed E-state index contributed by atoms with van der Waals surface area (Å²) in [5.41, 5.74) is 2.13. The number of carbonyl (C=O) groups excluding carboxylic acids is 1. The zero-order valence-corrected chi connectivity index (χ0v) is 17.6. The lowest BCUT2D eigenvalue weighted by Gasteiger charge is -2.35. The fourth-order valence-corrected chi connectivity index (χ4v) is 4.45. The third-order valence-corrected chi connectivity index (χ3v) is 6.10. The lowest BCUT2D eigenvalue weighted by atomic mass is 10.0. The van der Waals surface area contributed by atoms with Crippen molar-refractivity contribution < 1.29 is 14.1 Å². The molecule has 1 fully saturated rings. The minimum Gasteiger partial charge on any atom is -0.375 e. The Labute approximate surface area is 171 Å². The molecule has 2 aromatic heterocycles. The quantitative estimate of drug-likeness (QED) is 0.751. The minimum atomic E-state index is -0.0123. The Kier molecular flexibility index (Phi) is 5.96. The third kappa shape index (κ3) is 4.06. The van der Waals surface area contributed by atoms with Gasteiger partial charge in [-0.3, -0.25) is 9.69 Å². The van der Waals surface area contributed by atoms with E-state index in [9.17, 15) is 4.79 Å².